The predicted octanol–water partition coefficient (Wildman–Crippen LogP) is 1.29. The molecule has 0 saturated heterocycles. The van der Waals surface area contributed by atoms with Crippen molar-refractivity contribution in [1.82, 2.24) is 0 Å². The summed E-state index contributed by atoms with van der Waals surface area (Å²) >= 11 is 0. The van der Waals surface area contributed by atoms with Gasteiger partial charge in [0, 0.05) is 0 Å². The molecular weight excluding hydrogens is 132 g/mol. The van der Waals surface area contributed by atoms with Crippen molar-refractivity contribution in [2.75, 3.05) is 0 Å². The molecule has 0 aromatic carbocycles. The first-order valence-corrected chi connectivity index (χ1v) is 2.36. The Kier molecular flexibility index (Phi) is 2.74. The second kappa shape index (κ2) is 2.89. The molecule has 5 heteroatoms. The Morgan fingerprint density at radius 1 is 1.56 bits per heavy atom. The predicted molar refractivity (Wildman–Crippen MR) is 27.5 cm³/mol. The molecular formula is C4H5BF3O. The summed E-state index contributed by atoms with van der Waals surface area (Å²) in [4.78, 5) is 9.91. The lowest BCUT2D eigenvalue weighted by Crippen LogP contribution is -2.22. The van der Waals surface area contributed by atoms with Crippen molar-refractivity contribution < 1.29 is 18.0 Å². The standard InChI is InChI=1S/C4H5BF3O/c1-5-2-3(9)4(6,7)8/h2H2,1H3. The molecule has 0 amide bonds. The van der Waals surface area contributed by atoms with Gasteiger partial charge in [-0.05, 0) is 6.32 Å². The van der Waals surface area contributed by atoms with E-state index in [1.54, 1.807) is 0 Å². The molecule has 0 aromatic rings. The second-order valence-corrected chi connectivity index (χ2v) is 1.53. The van der Waals surface area contributed by atoms with Gasteiger partial charge in [-0.3, -0.25) is 4.79 Å². The second-order valence-electron chi connectivity index (χ2n) is 1.53. The van der Waals surface area contributed by atoms with Gasteiger partial charge in [-0.25, -0.2) is 0 Å². The normalized spacial score (nSPS) is 11.1. The van der Waals surface area contributed by atoms with Crippen LogP contribution in [0, 0.1) is 0 Å². The van der Waals surface area contributed by atoms with E-state index in [-0.39, 0.29) is 0 Å². The average molecular weight is 137 g/mol. The monoisotopic (exact) mass is 137 g/mol. The van der Waals surface area contributed by atoms with E-state index in [0.29, 0.717) is 0 Å². The van der Waals surface area contributed by atoms with Crippen LogP contribution in [0.4, 0.5) is 13.2 Å². The molecule has 0 aliphatic carbocycles. The molecule has 0 spiro atoms. The van der Waals surface area contributed by atoms with E-state index in [0.717, 1.165) is 0 Å². The summed E-state index contributed by atoms with van der Waals surface area (Å²) in [6.07, 6.45) is -5.18. The van der Waals surface area contributed by atoms with Gasteiger partial charge in [0.05, 0.1) is 0 Å². The number of rotatable bonds is 2. The fourth-order valence-electron chi connectivity index (χ4n) is 0.301. The molecule has 9 heavy (non-hydrogen) atoms. The minimum absolute atomic E-state index is 0.524. The number of hydrogen-bond donors (Lipinski definition) is 0. The van der Waals surface area contributed by atoms with Crippen molar-refractivity contribution in [2.45, 2.75) is 19.3 Å². The van der Waals surface area contributed by atoms with Gasteiger partial charge in [-0.15, -0.1) is 0 Å². The fourth-order valence-corrected chi connectivity index (χ4v) is 0.301. The minimum atomic E-state index is -4.66. The van der Waals surface area contributed by atoms with Crippen LogP contribution in [-0.2, 0) is 4.79 Å². The number of carbonyl (C=O) groups is 1. The van der Waals surface area contributed by atoms with E-state index in [2.05, 4.69) is 0 Å². The highest BCUT2D eigenvalue weighted by Gasteiger charge is 2.36. The summed E-state index contributed by atoms with van der Waals surface area (Å²) < 4.78 is 33.8. The molecule has 0 aliphatic heterocycles. The summed E-state index contributed by atoms with van der Waals surface area (Å²) in [5.41, 5.74) is 0. The fraction of sp³-hybridized carbons (Fsp3) is 0.750. The molecule has 0 fully saturated rings. The molecule has 0 saturated carbocycles. The van der Waals surface area contributed by atoms with Crippen molar-refractivity contribution >= 4 is 13.1 Å². The Hall–Kier alpha value is -0.475. The van der Waals surface area contributed by atoms with Crippen LogP contribution in [-0.4, -0.2) is 19.2 Å². The van der Waals surface area contributed by atoms with Crippen LogP contribution in [0.1, 0.15) is 0 Å². The van der Waals surface area contributed by atoms with Crippen molar-refractivity contribution in [3.63, 3.8) is 0 Å². The maximum absolute atomic E-state index is 11.3. The molecule has 1 nitrogen and oxygen atoms in total. The van der Waals surface area contributed by atoms with Crippen LogP contribution < -0.4 is 0 Å². The molecule has 1 radical (unpaired) electrons. The smallest absolute Gasteiger partial charge is 0.290 e. The van der Waals surface area contributed by atoms with Crippen LogP contribution >= 0.6 is 0 Å². The van der Waals surface area contributed by atoms with Gasteiger partial charge in [0.15, 0.2) is 0 Å². The summed E-state index contributed by atoms with van der Waals surface area (Å²) in [7, 11) is 1.18. The Bertz CT molecular complexity index is 109. The third-order valence-electron chi connectivity index (χ3n) is 0.706. The topological polar surface area (TPSA) is 17.1 Å². The lowest BCUT2D eigenvalue weighted by molar-refractivity contribution is -0.168. The van der Waals surface area contributed by atoms with Gasteiger partial charge >= 0.3 is 6.18 Å². The SMILES string of the molecule is C[B]CC(=O)C(F)(F)F. The number of halogens is 3. The molecule has 51 valence electrons. The third-order valence-corrected chi connectivity index (χ3v) is 0.706. The average Bonchev–Trinajstić information content (AvgIpc) is 1.64. The van der Waals surface area contributed by atoms with Gasteiger partial charge in [0.2, 0.25) is 5.78 Å². The van der Waals surface area contributed by atoms with Crippen molar-refractivity contribution in [3.8, 4) is 0 Å². The van der Waals surface area contributed by atoms with Crippen LogP contribution in [0.25, 0.3) is 0 Å². The lowest BCUT2D eigenvalue weighted by Gasteiger charge is -2.00. The van der Waals surface area contributed by atoms with Gasteiger partial charge in [-0.1, -0.05) is 6.82 Å². The Morgan fingerprint density at radius 3 is 2.11 bits per heavy atom. The third kappa shape index (κ3) is 3.16. The van der Waals surface area contributed by atoms with Gasteiger partial charge in [0.1, 0.15) is 7.28 Å². The quantitative estimate of drug-likeness (QED) is 0.524. The molecule has 0 rings (SSSR count). The Morgan fingerprint density at radius 2 is 2.00 bits per heavy atom. The molecule has 0 bridgehead atoms. The Balaban J connectivity index is 3.74. The maximum atomic E-state index is 11.3. The summed E-state index contributed by atoms with van der Waals surface area (Å²) in [5.74, 6) is -1.69. The van der Waals surface area contributed by atoms with Gasteiger partial charge in [-0.2, -0.15) is 13.2 Å². The summed E-state index contributed by atoms with van der Waals surface area (Å²) in [6, 6.07) is 0. The molecule has 0 aliphatic rings. The van der Waals surface area contributed by atoms with Crippen LogP contribution in [0.2, 0.25) is 13.1 Å². The summed E-state index contributed by atoms with van der Waals surface area (Å²) in [6.45, 7) is 1.41. The molecule has 0 N–H and O–H groups in total. The molecule has 0 atom stereocenters. The van der Waals surface area contributed by atoms with Crippen LogP contribution in [0.5, 0.6) is 0 Å². The first-order chi connectivity index (χ1) is 3.98. The van der Waals surface area contributed by atoms with E-state index in [9.17, 15) is 18.0 Å². The van der Waals surface area contributed by atoms with Crippen molar-refractivity contribution in [3.05, 3.63) is 0 Å². The minimum Gasteiger partial charge on any atom is -0.290 e. The highest BCUT2D eigenvalue weighted by atomic mass is 19.4. The molecule has 0 unspecified atom stereocenters. The van der Waals surface area contributed by atoms with E-state index in [1.807, 2.05) is 0 Å². The van der Waals surface area contributed by atoms with E-state index >= 15 is 0 Å². The van der Waals surface area contributed by atoms with Gasteiger partial charge < -0.3 is 0 Å². The molecule has 0 heterocycles. The largest absolute Gasteiger partial charge is 0.449 e. The van der Waals surface area contributed by atoms with Crippen LogP contribution in [0.15, 0.2) is 0 Å². The van der Waals surface area contributed by atoms with Gasteiger partial charge in [0.25, 0.3) is 0 Å². The number of carbonyl (C=O) groups excluding carboxylic acids is 1. The zero-order chi connectivity index (χ0) is 7.49. The first-order valence-electron chi connectivity index (χ1n) is 2.36. The number of alkyl halides is 3. The zero-order valence-electron chi connectivity index (χ0n) is 4.83. The molecule has 0 aromatic heterocycles. The first kappa shape index (κ1) is 8.52. The number of ketones is 1. The number of Topliss-reactive ketones (excluding diaryl/α,β-unsaturated/α-hetero) is 1. The van der Waals surface area contributed by atoms with E-state index < -0.39 is 18.3 Å². The maximum Gasteiger partial charge on any atom is 0.449 e. The lowest BCUT2D eigenvalue weighted by atomic mass is 9.76. The van der Waals surface area contributed by atoms with E-state index in [4.69, 9.17) is 0 Å². The van der Waals surface area contributed by atoms with Crippen LogP contribution in [0.3, 0.4) is 0 Å². The van der Waals surface area contributed by atoms with Crippen molar-refractivity contribution in [1.29, 1.82) is 0 Å². The zero-order valence-corrected chi connectivity index (χ0v) is 4.83. The number of hydrogen-bond acceptors (Lipinski definition) is 1. The highest BCUT2D eigenvalue weighted by Crippen LogP contribution is 2.17. The Labute approximate surface area is 51.5 Å². The highest BCUT2D eigenvalue weighted by molar-refractivity contribution is 6.40. The van der Waals surface area contributed by atoms with E-state index in [1.165, 1.54) is 14.1 Å². The summed E-state index contributed by atoms with van der Waals surface area (Å²) in [5, 5.41) is 0. The van der Waals surface area contributed by atoms with Crippen molar-refractivity contribution in [2.24, 2.45) is 0 Å².